The third kappa shape index (κ3) is 18.5. The van der Waals surface area contributed by atoms with Gasteiger partial charge in [0.25, 0.3) is 0 Å². The van der Waals surface area contributed by atoms with Gasteiger partial charge >= 0.3 is 18.5 Å². The van der Waals surface area contributed by atoms with Crippen LogP contribution in [0.25, 0.3) is 0 Å². The molecule has 1 aliphatic rings. The maximum Gasteiger partial charge on any atom is 0.431 e. The lowest BCUT2D eigenvalue weighted by molar-refractivity contribution is -0.152. The molecule has 1 saturated carbocycles. The molecule has 0 unspecified atom stereocenters. The fourth-order valence-electron chi connectivity index (χ4n) is 9.20. The van der Waals surface area contributed by atoms with E-state index in [0.717, 1.165) is 23.6 Å². The van der Waals surface area contributed by atoms with Crippen LogP contribution in [0.2, 0.25) is 0 Å². The van der Waals surface area contributed by atoms with Crippen LogP contribution in [0.4, 0.5) is 39.5 Å². The maximum absolute atomic E-state index is 12.1. The van der Waals surface area contributed by atoms with Gasteiger partial charge in [-0.1, -0.05) is 54.4 Å². The van der Waals surface area contributed by atoms with Crippen molar-refractivity contribution in [3.05, 3.63) is 164 Å². The molecule has 7 heterocycles. The lowest BCUT2D eigenvalue weighted by Gasteiger charge is -2.12. The van der Waals surface area contributed by atoms with Crippen molar-refractivity contribution < 1.29 is 39.5 Å². The van der Waals surface area contributed by atoms with Gasteiger partial charge in [-0.25, -0.2) is 0 Å². The molecule has 432 valence electrons. The first-order chi connectivity index (χ1) is 35.3. The first-order valence-electron chi connectivity index (χ1n) is 26.4. The van der Waals surface area contributed by atoms with E-state index in [2.05, 4.69) is 204 Å². The molecule has 0 aromatic carbocycles. The summed E-state index contributed by atoms with van der Waals surface area (Å²) in [6.07, 6.45) is -8.11. The molecule has 0 radical (unpaired) electrons. The third-order valence-corrected chi connectivity index (χ3v) is 15.2. The van der Waals surface area contributed by atoms with Crippen molar-refractivity contribution in [3.8, 4) is 0 Å². The zero-order valence-corrected chi connectivity index (χ0v) is 50.1. The Bertz CT molecular complexity index is 2730. The van der Waals surface area contributed by atoms with Crippen LogP contribution in [0.15, 0.2) is 72.8 Å². The predicted octanol–water partition coefficient (Wildman–Crippen LogP) is 18.0. The lowest BCUT2D eigenvalue weighted by atomic mass is 10.0. The summed E-state index contributed by atoms with van der Waals surface area (Å²) in [4.78, 5) is 0. The van der Waals surface area contributed by atoms with Crippen molar-refractivity contribution >= 4 is 0 Å². The molecule has 16 heteroatoms. The Kier molecular flexibility index (Phi) is 24.8. The van der Waals surface area contributed by atoms with Crippen molar-refractivity contribution in [1.82, 2.24) is 32.0 Å². The molecular formula is C61H90F9N7. The Morgan fingerprint density at radius 2 is 0.623 bits per heavy atom. The van der Waals surface area contributed by atoms with Crippen LogP contribution < -0.4 is 0 Å². The van der Waals surface area contributed by atoms with Crippen LogP contribution in [0.5, 0.6) is 0 Å². The Hall–Kier alpha value is -5.67. The zero-order valence-electron chi connectivity index (χ0n) is 50.1. The van der Waals surface area contributed by atoms with Crippen LogP contribution >= 0.6 is 0 Å². The van der Waals surface area contributed by atoms with Crippen LogP contribution in [-0.4, -0.2) is 32.0 Å². The smallest absolute Gasteiger partial charge is 0.352 e. The van der Waals surface area contributed by atoms with Gasteiger partial charge in [-0.05, 0) is 183 Å². The van der Waals surface area contributed by atoms with Crippen LogP contribution in [0, 0.1) is 62.3 Å². The van der Waals surface area contributed by atoms with Gasteiger partial charge in [0.1, 0.15) is 17.1 Å². The van der Waals surface area contributed by atoms with E-state index in [9.17, 15) is 39.5 Å². The molecule has 0 spiro atoms. The summed E-state index contributed by atoms with van der Waals surface area (Å²) in [7, 11) is 12.8. The summed E-state index contributed by atoms with van der Waals surface area (Å²) in [6, 6.07) is 20.9. The van der Waals surface area contributed by atoms with Crippen molar-refractivity contribution in [3.63, 3.8) is 0 Å². The van der Waals surface area contributed by atoms with E-state index in [1.54, 1.807) is 12.6 Å². The van der Waals surface area contributed by atoms with Crippen LogP contribution in [0.3, 0.4) is 0 Å². The van der Waals surface area contributed by atoms with Gasteiger partial charge in [-0.15, -0.1) is 0 Å². The van der Waals surface area contributed by atoms with Gasteiger partial charge < -0.3 is 32.0 Å². The second kappa shape index (κ2) is 28.3. The highest BCUT2D eigenvalue weighted by molar-refractivity contribution is 5.35. The summed E-state index contributed by atoms with van der Waals surface area (Å²) in [5, 5.41) is 0. The third-order valence-electron chi connectivity index (χ3n) is 15.2. The van der Waals surface area contributed by atoms with Crippen LogP contribution in [0.1, 0.15) is 182 Å². The number of aryl methyl sites for hydroxylation is 5. The number of alkyl halides is 9. The highest BCUT2D eigenvalue weighted by Gasteiger charge is 2.40. The van der Waals surface area contributed by atoms with E-state index in [4.69, 9.17) is 0 Å². The average molecular weight is 1090 g/mol. The van der Waals surface area contributed by atoms with E-state index < -0.39 is 35.6 Å². The number of hydrogen-bond acceptors (Lipinski definition) is 0. The molecule has 77 heavy (non-hydrogen) atoms. The minimum Gasteiger partial charge on any atom is -0.352 e. The molecule has 0 saturated heterocycles. The molecule has 0 aliphatic heterocycles. The quantitative estimate of drug-likeness (QED) is 0.158. The minimum absolute atomic E-state index is 0.0833. The average Bonchev–Trinajstić information content (AvgIpc) is 4.24. The summed E-state index contributed by atoms with van der Waals surface area (Å²) >= 11 is 0. The van der Waals surface area contributed by atoms with Gasteiger partial charge in [0, 0.05) is 112 Å². The zero-order chi connectivity index (χ0) is 59.4. The largest absolute Gasteiger partial charge is 0.431 e. The number of hydrogen-bond donors (Lipinski definition) is 0. The number of nitrogens with zero attached hydrogens (tertiary/aromatic N) is 7. The lowest BCUT2D eigenvalue weighted by Crippen LogP contribution is -2.16. The number of aromatic nitrogens is 7. The molecule has 7 nitrogen and oxygen atoms in total. The molecule has 0 bridgehead atoms. The summed E-state index contributed by atoms with van der Waals surface area (Å²) in [5.74, 6) is 2.74. The number of halogens is 9. The van der Waals surface area contributed by atoms with E-state index in [-0.39, 0.29) is 4.57 Å². The first kappa shape index (κ1) is 67.4. The van der Waals surface area contributed by atoms with Crippen molar-refractivity contribution in [2.45, 2.75) is 172 Å². The van der Waals surface area contributed by atoms with E-state index in [1.807, 2.05) is 0 Å². The van der Waals surface area contributed by atoms with Crippen molar-refractivity contribution in [2.75, 3.05) is 0 Å². The molecule has 8 rings (SSSR count). The molecular weight excluding hydrogens is 1000 g/mol. The van der Waals surface area contributed by atoms with Crippen molar-refractivity contribution in [2.24, 2.45) is 49.3 Å². The molecule has 7 aromatic heterocycles. The second-order valence-electron chi connectivity index (χ2n) is 21.3. The SMILES string of the molecule is CC(C)c1ccc(C(C)C)n1C.Cc1c(C)c(C)n(C)c1C.Cc1ccc(C(C)C)n1C.Cc1ccc(C(F)(F)F)n1C.Cc1ccc(C)n1C.Cc1ccc(C2CCCC2)n1C.Cn1c(C(F)(F)F)ccc1C(F)(F)F. The van der Waals surface area contributed by atoms with Gasteiger partial charge in [0.15, 0.2) is 0 Å². The van der Waals surface area contributed by atoms with E-state index in [0.29, 0.717) is 35.6 Å². The highest BCUT2D eigenvalue weighted by atomic mass is 19.4. The Morgan fingerprint density at radius 3 is 0.831 bits per heavy atom. The fraction of sp³-hybridized carbons (Fsp3) is 0.541. The molecule has 1 fully saturated rings. The van der Waals surface area contributed by atoms with Crippen LogP contribution in [-0.2, 0) is 67.9 Å². The topological polar surface area (TPSA) is 34.5 Å². The monoisotopic (exact) mass is 1090 g/mol. The number of rotatable bonds is 4. The normalized spacial score (nSPS) is 12.7. The minimum atomic E-state index is -4.77. The molecule has 7 aromatic rings. The highest BCUT2D eigenvalue weighted by Crippen LogP contribution is 2.37. The summed E-state index contributed by atoms with van der Waals surface area (Å²) in [5.41, 5.74) is 14.2. The molecule has 0 atom stereocenters. The Labute approximate surface area is 454 Å². The molecule has 0 N–H and O–H groups in total. The first-order valence-corrected chi connectivity index (χ1v) is 26.4. The van der Waals surface area contributed by atoms with Crippen molar-refractivity contribution in [1.29, 1.82) is 0 Å². The Morgan fingerprint density at radius 1 is 0.338 bits per heavy atom. The summed E-state index contributed by atoms with van der Waals surface area (Å²) in [6.45, 7) is 32.2. The molecule has 1 aliphatic carbocycles. The molecule has 0 amide bonds. The predicted molar refractivity (Wildman–Crippen MR) is 299 cm³/mol. The second-order valence-corrected chi connectivity index (χ2v) is 21.3. The van der Waals surface area contributed by atoms with Gasteiger partial charge in [0.2, 0.25) is 0 Å². The summed E-state index contributed by atoms with van der Waals surface area (Å²) < 4.78 is 121. The van der Waals surface area contributed by atoms with Gasteiger partial charge in [0.05, 0.1) is 0 Å². The van der Waals surface area contributed by atoms with E-state index >= 15 is 0 Å². The maximum atomic E-state index is 12.1. The van der Waals surface area contributed by atoms with Gasteiger partial charge in [-0.2, -0.15) is 39.5 Å². The fourth-order valence-corrected chi connectivity index (χ4v) is 9.20. The van der Waals surface area contributed by atoms with E-state index in [1.165, 1.54) is 101 Å². The van der Waals surface area contributed by atoms with Gasteiger partial charge in [-0.3, -0.25) is 0 Å². The standard InChI is InChI=1S/C11H17N.C11H19N.2C9H15N.C7H5F6N.C7H8F3N.C7H11N/c1-9-7-8-11(12(9)2)10-5-3-4-6-10;1-8(2)10-6-7-11(9(3)4)12(10)5;1-7(2)9-6-5-8(3)10(9)4;1-6-7(2)9(4)10(5)8(6)3;1-14-4(6(8,9)10)2-3-5(14)7(11,12)13;1-5-3-4-6(11(5)2)7(8,9)10;1-6-4-5-7(2)8(6)3/h7-8,10H,3-6H2,1-2H3;6-9H,1-5H3;5-7H,1-4H3;1-5H3;2-3H,1H3;3-4H,1-2H3;4-5H,1-3H3. The Balaban J connectivity index is 0.000000309.